The van der Waals surface area contributed by atoms with Gasteiger partial charge in [0, 0.05) is 12.6 Å². The van der Waals surface area contributed by atoms with Crippen LogP contribution in [0.5, 0.6) is 0 Å². The predicted octanol–water partition coefficient (Wildman–Crippen LogP) is 6.45. The molecule has 220 valence electrons. The lowest BCUT2D eigenvalue weighted by atomic mass is 10.1. The van der Waals surface area contributed by atoms with E-state index >= 15 is 0 Å². The van der Waals surface area contributed by atoms with Crippen LogP contribution in [0, 0.1) is 20.8 Å². The SMILES string of the molecule is CCC(C)NC(=O)C(C)N(Cc1ccc(Cl)c(Cl)c1)C(=O)CN(c1ccc(C)c(C)c1)S(=O)(=O)c1ccc(C)cc1. The molecule has 3 rings (SSSR count). The molecule has 0 aliphatic rings. The van der Waals surface area contributed by atoms with E-state index in [9.17, 15) is 18.0 Å². The van der Waals surface area contributed by atoms with Crippen LogP contribution in [-0.2, 0) is 26.2 Å². The molecule has 2 amide bonds. The number of amides is 2. The van der Waals surface area contributed by atoms with Gasteiger partial charge in [-0.05, 0) is 94.1 Å². The van der Waals surface area contributed by atoms with Crippen LogP contribution in [-0.4, -0.2) is 43.8 Å². The molecule has 10 heteroatoms. The second-order valence-corrected chi connectivity index (χ2v) is 13.0. The Bertz CT molecular complexity index is 1510. The van der Waals surface area contributed by atoms with Crippen LogP contribution in [0.15, 0.2) is 65.6 Å². The molecule has 0 saturated heterocycles. The van der Waals surface area contributed by atoms with Crippen LogP contribution in [0.25, 0.3) is 0 Å². The van der Waals surface area contributed by atoms with Crippen molar-refractivity contribution in [3.63, 3.8) is 0 Å². The highest BCUT2D eigenvalue weighted by atomic mass is 35.5. The van der Waals surface area contributed by atoms with Crippen LogP contribution in [0.3, 0.4) is 0 Å². The van der Waals surface area contributed by atoms with Gasteiger partial charge in [-0.2, -0.15) is 0 Å². The van der Waals surface area contributed by atoms with Crippen molar-refractivity contribution in [1.29, 1.82) is 0 Å². The van der Waals surface area contributed by atoms with Crippen molar-refractivity contribution >= 4 is 50.7 Å². The molecule has 0 aliphatic carbocycles. The number of nitrogens with zero attached hydrogens (tertiary/aromatic N) is 2. The molecule has 2 unspecified atom stereocenters. The number of aryl methyl sites for hydroxylation is 3. The summed E-state index contributed by atoms with van der Waals surface area (Å²) in [6.45, 7) is 10.7. The Balaban J connectivity index is 2.06. The first kappa shape index (κ1) is 32.4. The van der Waals surface area contributed by atoms with E-state index in [1.165, 1.54) is 17.0 Å². The Morgan fingerprint density at radius 2 is 1.54 bits per heavy atom. The maximum absolute atomic E-state index is 14.0. The molecule has 2 atom stereocenters. The van der Waals surface area contributed by atoms with Gasteiger partial charge in [0.05, 0.1) is 20.6 Å². The number of rotatable bonds is 11. The Labute approximate surface area is 253 Å². The first-order valence-corrected chi connectivity index (χ1v) is 15.6. The summed E-state index contributed by atoms with van der Waals surface area (Å²) in [5.74, 6) is -0.885. The fourth-order valence-electron chi connectivity index (χ4n) is 4.13. The third kappa shape index (κ3) is 8.03. The van der Waals surface area contributed by atoms with Crippen molar-refractivity contribution in [1.82, 2.24) is 10.2 Å². The average Bonchev–Trinajstić information content (AvgIpc) is 2.93. The van der Waals surface area contributed by atoms with Crippen molar-refractivity contribution in [2.75, 3.05) is 10.8 Å². The molecular formula is C31H37Cl2N3O4S. The summed E-state index contributed by atoms with van der Waals surface area (Å²) in [7, 11) is -4.14. The van der Waals surface area contributed by atoms with Crippen LogP contribution in [0.4, 0.5) is 5.69 Å². The normalized spacial score (nSPS) is 12.9. The van der Waals surface area contributed by atoms with Gasteiger partial charge in [0.1, 0.15) is 12.6 Å². The van der Waals surface area contributed by atoms with Crippen LogP contribution < -0.4 is 9.62 Å². The fraction of sp³-hybridized carbons (Fsp3) is 0.355. The van der Waals surface area contributed by atoms with Gasteiger partial charge in [0.2, 0.25) is 11.8 Å². The van der Waals surface area contributed by atoms with Crippen molar-refractivity contribution in [3.05, 3.63) is 93.0 Å². The standard InChI is InChI=1S/C31H37Cl2N3O4S/c1-7-23(5)34-31(38)24(6)35(18-25-11-15-28(32)29(33)17-25)30(37)19-36(26-12-10-21(3)22(4)16-26)41(39,40)27-13-8-20(2)9-14-27/h8-17,23-24H,7,18-19H2,1-6H3,(H,34,38). The van der Waals surface area contributed by atoms with Gasteiger partial charge in [0.25, 0.3) is 10.0 Å². The zero-order chi connectivity index (χ0) is 30.5. The Morgan fingerprint density at radius 1 is 0.878 bits per heavy atom. The molecule has 0 bridgehead atoms. The summed E-state index contributed by atoms with van der Waals surface area (Å²) < 4.78 is 29.0. The van der Waals surface area contributed by atoms with Crippen LogP contribution in [0.2, 0.25) is 10.0 Å². The van der Waals surface area contributed by atoms with Crippen molar-refractivity contribution in [2.45, 2.75) is 71.5 Å². The van der Waals surface area contributed by atoms with Crippen molar-refractivity contribution in [2.24, 2.45) is 0 Å². The average molecular weight is 619 g/mol. The number of carbonyl (C=O) groups excluding carboxylic acids is 2. The van der Waals surface area contributed by atoms with Gasteiger partial charge < -0.3 is 10.2 Å². The van der Waals surface area contributed by atoms with Gasteiger partial charge in [-0.1, -0.05) is 60.0 Å². The second kappa shape index (κ2) is 13.7. The Morgan fingerprint density at radius 3 is 2.12 bits per heavy atom. The summed E-state index contributed by atoms with van der Waals surface area (Å²) in [4.78, 5) is 28.7. The van der Waals surface area contributed by atoms with Crippen molar-refractivity contribution < 1.29 is 18.0 Å². The lowest BCUT2D eigenvalue weighted by Gasteiger charge is -2.32. The number of nitrogens with one attached hydrogen (secondary N) is 1. The van der Waals surface area contributed by atoms with Gasteiger partial charge in [-0.25, -0.2) is 8.42 Å². The molecule has 3 aromatic rings. The minimum Gasteiger partial charge on any atom is -0.352 e. The van der Waals surface area contributed by atoms with Gasteiger partial charge in [-0.3, -0.25) is 13.9 Å². The first-order valence-electron chi connectivity index (χ1n) is 13.4. The molecule has 0 aromatic heterocycles. The summed E-state index contributed by atoms with van der Waals surface area (Å²) in [5.41, 5.74) is 3.78. The van der Waals surface area contributed by atoms with Crippen LogP contribution >= 0.6 is 23.2 Å². The molecule has 0 radical (unpaired) electrons. The first-order chi connectivity index (χ1) is 19.2. The highest BCUT2D eigenvalue weighted by Gasteiger charge is 2.33. The maximum atomic E-state index is 14.0. The van der Waals surface area contributed by atoms with Gasteiger partial charge in [0.15, 0.2) is 0 Å². The largest absolute Gasteiger partial charge is 0.352 e. The molecule has 0 heterocycles. The Hall–Kier alpha value is -3.07. The number of carbonyl (C=O) groups is 2. The minimum absolute atomic E-state index is 0.0240. The van der Waals surface area contributed by atoms with Gasteiger partial charge >= 0.3 is 0 Å². The number of hydrogen-bond acceptors (Lipinski definition) is 4. The fourth-order valence-corrected chi connectivity index (χ4v) is 5.86. The van der Waals surface area contributed by atoms with E-state index in [-0.39, 0.29) is 23.4 Å². The highest BCUT2D eigenvalue weighted by molar-refractivity contribution is 7.92. The maximum Gasteiger partial charge on any atom is 0.264 e. The topological polar surface area (TPSA) is 86.8 Å². The Kier molecular flexibility index (Phi) is 10.9. The lowest BCUT2D eigenvalue weighted by molar-refractivity contribution is -0.139. The van der Waals surface area contributed by atoms with Crippen molar-refractivity contribution in [3.8, 4) is 0 Å². The summed E-state index contributed by atoms with van der Waals surface area (Å²) in [6.07, 6.45) is 0.717. The van der Waals surface area contributed by atoms with Crippen LogP contribution in [0.1, 0.15) is 49.4 Å². The molecule has 3 aromatic carbocycles. The predicted molar refractivity (Wildman–Crippen MR) is 166 cm³/mol. The number of sulfonamides is 1. The molecular weight excluding hydrogens is 581 g/mol. The zero-order valence-electron chi connectivity index (χ0n) is 24.2. The molecule has 7 nitrogen and oxygen atoms in total. The van der Waals surface area contributed by atoms with E-state index in [1.807, 2.05) is 40.7 Å². The summed E-state index contributed by atoms with van der Waals surface area (Å²) >= 11 is 12.3. The number of hydrogen-bond donors (Lipinski definition) is 1. The number of benzene rings is 3. The van der Waals surface area contributed by atoms with E-state index in [1.54, 1.807) is 49.4 Å². The monoisotopic (exact) mass is 617 g/mol. The lowest BCUT2D eigenvalue weighted by Crippen LogP contribution is -2.52. The van der Waals surface area contributed by atoms with E-state index in [4.69, 9.17) is 23.2 Å². The molecule has 0 spiro atoms. The minimum atomic E-state index is -4.14. The summed E-state index contributed by atoms with van der Waals surface area (Å²) in [5, 5.41) is 3.59. The summed E-state index contributed by atoms with van der Waals surface area (Å²) in [6, 6.07) is 15.7. The smallest absolute Gasteiger partial charge is 0.264 e. The number of halogens is 2. The second-order valence-electron chi connectivity index (χ2n) is 10.4. The molecule has 0 aliphatic heterocycles. The third-order valence-electron chi connectivity index (χ3n) is 7.17. The molecule has 41 heavy (non-hydrogen) atoms. The van der Waals surface area contributed by atoms with Gasteiger partial charge in [-0.15, -0.1) is 0 Å². The molecule has 0 saturated carbocycles. The highest BCUT2D eigenvalue weighted by Crippen LogP contribution is 2.28. The van der Waals surface area contributed by atoms with E-state index in [0.717, 1.165) is 21.0 Å². The van der Waals surface area contributed by atoms with E-state index < -0.39 is 28.5 Å². The number of anilines is 1. The molecule has 0 fully saturated rings. The van der Waals surface area contributed by atoms with E-state index in [0.29, 0.717) is 27.7 Å². The van der Waals surface area contributed by atoms with E-state index in [2.05, 4.69) is 5.32 Å². The molecule has 1 N–H and O–H groups in total. The third-order valence-corrected chi connectivity index (χ3v) is 9.70. The quantitative estimate of drug-likeness (QED) is 0.268. The zero-order valence-corrected chi connectivity index (χ0v) is 26.6.